The maximum absolute atomic E-state index is 12.1. The highest BCUT2D eigenvalue weighted by atomic mass is 16.5. The maximum atomic E-state index is 12.1. The number of ether oxygens (including phenoxy) is 1. The maximum Gasteiger partial charge on any atom is 0.355 e. The molecular weight excluding hydrogens is 304 g/mol. The first-order chi connectivity index (χ1) is 11.7. The van der Waals surface area contributed by atoms with Gasteiger partial charge in [-0.05, 0) is 42.0 Å². The number of H-pyrrole nitrogens is 1. The second kappa shape index (κ2) is 7.28. The first-order valence-electron chi connectivity index (χ1n) is 7.48. The van der Waals surface area contributed by atoms with E-state index in [2.05, 4.69) is 10.3 Å². The zero-order valence-electron chi connectivity index (χ0n) is 12.9. The van der Waals surface area contributed by atoms with Crippen LogP contribution in [0.3, 0.4) is 0 Å². The van der Waals surface area contributed by atoms with E-state index in [4.69, 9.17) is 4.74 Å². The Balaban J connectivity index is 1.57. The van der Waals surface area contributed by atoms with Crippen LogP contribution in [0.4, 0.5) is 5.69 Å². The largest absolute Gasteiger partial charge is 0.456 e. The standard InChI is InChI=1S/C19H16N2O3/c22-18(21-16-5-2-1-3-6-16)15-10-8-14(9-11-15)13-24-19(23)17-7-4-12-20-17/h1-12,20H,13H2,(H,21,22). The van der Waals surface area contributed by atoms with Crippen LogP contribution in [0.15, 0.2) is 72.9 Å². The Morgan fingerprint density at radius 3 is 2.33 bits per heavy atom. The van der Waals surface area contributed by atoms with Gasteiger partial charge < -0.3 is 15.0 Å². The molecule has 3 rings (SSSR count). The average molecular weight is 320 g/mol. The van der Waals surface area contributed by atoms with E-state index in [-0.39, 0.29) is 12.5 Å². The molecule has 0 radical (unpaired) electrons. The molecule has 0 saturated heterocycles. The normalized spacial score (nSPS) is 10.2. The quantitative estimate of drug-likeness (QED) is 0.705. The Morgan fingerprint density at radius 1 is 0.917 bits per heavy atom. The number of aromatic nitrogens is 1. The highest BCUT2D eigenvalue weighted by Gasteiger charge is 2.09. The van der Waals surface area contributed by atoms with E-state index >= 15 is 0 Å². The lowest BCUT2D eigenvalue weighted by molar-refractivity contribution is 0.0466. The minimum absolute atomic E-state index is 0.151. The molecule has 1 amide bonds. The van der Waals surface area contributed by atoms with Crippen molar-refractivity contribution in [1.29, 1.82) is 0 Å². The number of para-hydroxylation sites is 1. The zero-order chi connectivity index (χ0) is 16.8. The molecule has 2 aromatic carbocycles. The minimum atomic E-state index is -0.411. The summed E-state index contributed by atoms with van der Waals surface area (Å²) >= 11 is 0. The van der Waals surface area contributed by atoms with Gasteiger partial charge in [-0.2, -0.15) is 0 Å². The van der Waals surface area contributed by atoms with Crippen LogP contribution in [0.1, 0.15) is 26.4 Å². The van der Waals surface area contributed by atoms with E-state index in [1.54, 1.807) is 42.6 Å². The predicted molar refractivity (Wildman–Crippen MR) is 90.7 cm³/mol. The molecule has 0 saturated carbocycles. The van der Waals surface area contributed by atoms with Gasteiger partial charge in [-0.15, -0.1) is 0 Å². The summed E-state index contributed by atoms with van der Waals surface area (Å²) in [6.45, 7) is 0.151. The molecule has 0 atom stereocenters. The van der Waals surface area contributed by atoms with Gasteiger partial charge in [0.05, 0.1) is 0 Å². The summed E-state index contributed by atoms with van der Waals surface area (Å²) in [6, 6.07) is 19.6. The average Bonchev–Trinajstić information content (AvgIpc) is 3.16. The Kier molecular flexibility index (Phi) is 4.72. The number of benzene rings is 2. The van der Waals surface area contributed by atoms with Gasteiger partial charge in [-0.3, -0.25) is 4.79 Å². The molecule has 0 aliphatic heterocycles. The zero-order valence-corrected chi connectivity index (χ0v) is 12.9. The van der Waals surface area contributed by atoms with Gasteiger partial charge in [-0.25, -0.2) is 4.79 Å². The van der Waals surface area contributed by atoms with E-state index in [1.807, 2.05) is 30.3 Å². The highest BCUT2D eigenvalue weighted by Crippen LogP contribution is 2.11. The van der Waals surface area contributed by atoms with Crippen LogP contribution in [0.2, 0.25) is 0 Å². The van der Waals surface area contributed by atoms with Gasteiger partial charge in [0.2, 0.25) is 0 Å². The minimum Gasteiger partial charge on any atom is -0.456 e. The molecule has 0 aliphatic carbocycles. The Hall–Kier alpha value is -3.34. The number of carbonyl (C=O) groups excluding carboxylic acids is 2. The van der Waals surface area contributed by atoms with Crippen molar-refractivity contribution in [3.05, 3.63) is 89.7 Å². The van der Waals surface area contributed by atoms with E-state index in [9.17, 15) is 9.59 Å². The van der Waals surface area contributed by atoms with Gasteiger partial charge >= 0.3 is 5.97 Å². The second-order valence-electron chi connectivity index (χ2n) is 5.18. The van der Waals surface area contributed by atoms with Crippen LogP contribution in [0.25, 0.3) is 0 Å². The smallest absolute Gasteiger partial charge is 0.355 e. The second-order valence-corrected chi connectivity index (χ2v) is 5.18. The van der Waals surface area contributed by atoms with Crippen molar-refractivity contribution in [2.45, 2.75) is 6.61 Å². The summed E-state index contributed by atoms with van der Waals surface area (Å²) in [7, 11) is 0. The van der Waals surface area contributed by atoms with Crippen LogP contribution in [0.5, 0.6) is 0 Å². The van der Waals surface area contributed by atoms with E-state index in [0.717, 1.165) is 11.3 Å². The lowest BCUT2D eigenvalue weighted by Gasteiger charge is -2.07. The molecule has 24 heavy (non-hydrogen) atoms. The number of nitrogens with one attached hydrogen (secondary N) is 2. The third kappa shape index (κ3) is 3.89. The molecule has 0 fully saturated rings. The Morgan fingerprint density at radius 2 is 1.67 bits per heavy atom. The number of amides is 1. The fourth-order valence-electron chi connectivity index (χ4n) is 2.16. The third-order valence-electron chi connectivity index (χ3n) is 3.44. The molecule has 2 N–H and O–H groups in total. The molecule has 0 bridgehead atoms. The number of aromatic amines is 1. The lowest BCUT2D eigenvalue weighted by Crippen LogP contribution is -2.12. The SMILES string of the molecule is O=C(Nc1ccccc1)c1ccc(COC(=O)c2ccc[nH]2)cc1. The van der Waals surface area contributed by atoms with Gasteiger partial charge in [0, 0.05) is 17.4 Å². The molecule has 120 valence electrons. The number of hydrogen-bond acceptors (Lipinski definition) is 3. The van der Waals surface area contributed by atoms with Crippen molar-refractivity contribution in [2.75, 3.05) is 5.32 Å². The highest BCUT2D eigenvalue weighted by molar-refractivity contribution is 6.04. The first-order valence-corrected chi connectivity index (χ1v) is 7.48. The van der Waals surface area contributed by atoms with Gasteiger partial charge in [0.1, 0.15) is 12.3 Å². The molecule has 1 aromatic heterocycles. The number of carbonyl (C=O) groups is 2. The van der Waals surface area contributed by atoms with E-state index in [0.29, 0.717) is 11.3 Å². The van der Waals surface area contributed by atoms with Gasteiger partial charge in [0.25, 0.3) is 5.91 Å². The number of esters is 1. The Bertz CT molecular complexity index is 810. The van der Waals surface area contributed by atoms with Crippen LogP contribution in [0, 0.1) is 0 Å². The predicted octanol–water partition coefficient (Wildman–Crippen LogP) is 3.62. The van der Waals surface area contributed by atoms with Crippen molar-refractivity contribution < 1.29 is 14.3 Å². The van der Waals surface area contributed by atoms with Crippen molar-refractivity contribution in [3.8, 4) is 0 Å². The van der Waals surface area contributed by atoms with Crippen LogP contribution in [-0.4, -0.2) is 16.9 Å². The monoisotopic (exact) mass is 320 g/mol. The van der Waals surface area contributed by atoms with Gasteiger partial charge in [-0.1, -0.05) is 30.3 Å². The summed E-state index contributed by atoms with van der Waals surface area (Å²) in [5, 5.41) is 2.82. The van der Waals surface area contributed by atoms with E-state index in [1.165, 1.54) is 0 Å². The Labute approximate surface area is 139 Å². The van der Waals surface area contributed by atoms with Crippen molar-refractivity contribution in [3.63, 3.8) is 0 Å². The molecule has 5 heteroatoms. The lowest BCUT2D eigenvalue weighted by atomic mass is 10.1. The first kappa shape index (κ1) is 15.6. The fraction of sp³-hybridized carbons (Fsp3) is 0.0526. The van der Waals surface area contributed by atoms with Crippen molar-refractivity contribution >= 4 is 17.6 Å². The van der Waals surface area contributed by atoms with Crippen LogP contribution in [-0.2, 0) is 11.3 Å². The molecule has 0 unspecified atom stereocenters. The molecule has 3 aromatic rings. The molecule has 1 heterocycles. The summed E-state index contributed by atoms with van der Waals surface area (Å²) in [5.74, 6) is -0.595. The number of anilines is 1. The summed E-state index contributed by atoms with van der Waals surface area (Å²) in [4.78, 5) is 26.7. The molecule has 0 aliphatic rings. The molecule has 0 spiro atoms. The summed E-state index contributed by atoms with van der Waals surface area (Å²) < 4.78 is 5.20. The van der Waals surface area contributed by atoms with Crippen molar-refractivity contribution in [2.24, 2.45) is 0 Å². The van der Waals surface area contributed by atoms with Crippen molar-refractivity contribution in [1.82, 2.24) is 4.98 Å². The molecule has 5 nitrogen and oxygen atoms in total. The van der Waals surface area contributed by atoms with Crippen LogP contribution >= 0.6 is 0 Å². The molecular formula is C19H16N2O3. The fourth-order valence-corrected chi connectivity index (χ4v) is 2.16. The third-order valence-corrected chi connectivity index (χ3v) is 3.44. The van der Waals surface area contributed by atoms with Crippen LogP contribution < -0.4 is 5.32 Å². The number of rotatable bonds is 5. The number of hydrogen-bond donors (Lipinski definition) is 2. The summed E-state index contributed by atoms with van der Waals surface area (Å²) in [6.07, 6.45) is 1.66. The van der Waals surface area contributed by atoms with E-state index < -0.39 is 5.97 Å². The topological polar surface area (TPSA) is 71.2 Å². The summed E-state index contributed by atoms with van der Waals surface area (Å²) in [5.41, 5.74) is 2.50. The van der Waals surface area contributed by atoms with Gasteiger partial charge in [0.15, 0.2) is 0 Å².